The van der Waals surface area contributed by atoms with Gasteiger partial charge in [0.2, 0.25) is 5.91 Å². The summed E-state index contributed by atoms with van der Waals surface area (Å²) in [7, 11) is 0. The molecule has 8 nitrogen and oxygen atoms in total. The van der Waals surface area contributed by atoms with Crippen LogP contribution < -0.4 is 5.32 Å². The van der Waals surface area contributed by atoms with Crippen LogP contribution in [0.15, 0.2) is 58.3 Å². The maximum atomic E-state index is 12.4. The van der Waals surface area contributed by atoms with Gasteiger partial charge in [0, 0.05) is 37.1 Å². The summed E-state index contributed by atoms with van der Waals surface area (Å²) in [5.74, 6) is -0.250. The number of hydrogen-bond acceptors (Lipinski definition) is 7. The molecule has 9 heteroatoms. The number of furan rings is 1. The molecule has 0 saturated carbocycles. The second-order valence-corrected chi connectivity index (χ2v) is 6.90. The number of fused-ring (bicyclic) bond motifs is 1. The van der Waals surface area contributed by atoms with Gasteiger partial charge in [-0.15, -0.1) is 0 Å². The fourth-order valence-corrected chi connectivity index (χ4v) is 3.52. The minimum Gasteiger partial charge on any atom is -0.465 e. The average Bonchev–Trinajstić information content (AvgIpc) is 3.29. The van der Waals surface area contributed by atoms with Gasteiger partial charge in [-0.25, -0.2) is 0 Å². The lowest BCUT2D eigenvalue weighted by Crippen LogP contribution is -2.31. The van der Waals surface area contributed by atoms with E-state index >= 15 is 0 Å². The number of nitrogens with zero attached hydrogens (tertiary/aromatic N) is 3. The molecule has 3 heterocycles. The number of aromatic nitrogens is 2. The fraction of sp³-hybridized carbons (Fsp3) is 0.105. The quantitative estimate of drug-likeness (QED) is 0.662. The Bertz CT molecular complexity index is 1090. The molecule has 1 fully saturated rings. The van der Waals surface area contributed by atoms with Gasteiger partial charge in [0.1, 0.15) is 5.76 Å². The fourth-order valence-electron chi connectivity index (χ4n) is 2.67. The molecule has 3 amide bonds. The van der Waals surface area contributed by atoms with Crippen LogP contribution in [0.4, 0.5) is 10.5 Å². The van der Waals surface area contributed by atoms with E-state index in [9.17, 15) is 14.4 Å². The Morgan fingerprint density at radius 1 is 1.18 bits per heavy atom. The summed E-state index contributed by atoms with van der Waals surface area (Å²) in [6, 6.07) is 8.58. The Kier molecular flexibility index (Phi) is 4.90. The molecule has 28 heavy (non-hydrogen) atoms. The van der Waals surface area contributed by atoms with Crippen LogP contribution in [0, 0.1) is 0 Å². The number of hydrogen-bond donors (Lipinski definition) is 1. The Labute approximate surface area is 163 Å². The van der Waals surface area contributed by atoms with E-state index in [1.165, 1.54) is 12.3 Å². The van der Waals surface area contributed by atoms with E-state index in [4.69, 9.17) is 4.42 Å². The number of carbonyl (C=O) groups is 3. The number of carbonyl (C=O) groups excluding carboxylic acids is 3. The third-order valence-electron chi connectivity index (χ3n) is 4.01. The van der Waals surface area contributed by atoms with Gasteiger partial charge in [0.25, 0.3) is 11.1 Å². The van der Waals surface area contributed by atoms with E-state index in [2.05, 4.69) is 15.3 Å². The van der Waals surface area contributed by atoms with Crippen LogP contribution in [0.25, 0.3) is 17.1 Å². The summed E-state index contributed by atoms with van der Waals surface area (Å²) in [6.07, 6.45) is 6.16. The topological polar surface area (TPSA) is 105 Å². The van der Waals surface area contributed by atoms with E-state index in [0.29, 0.717) is 17.0 Å². The lowest BCUT2D eigenvalue weighted by atomic mass is 10.2. The molecule has 0 unspecified atom stereocenters. The van der Waals surface area contributed by atoms with Crippen LogP contribution >= 0.6 is 11.8 Å². The first-order chi connectivity index (χ1) is 13.6. The van der Waals surface area contributed by atoms with Crippen LogP contribution in [0.5, 0.6) is 0 Å². The monoisotopic (exact) mass is 394 g/mol. The highest BCUT2D eigenvalue weighted by atomic mass is 32.2. The Morgan fingerprint density at radius 3 is 2.79 bits per heavy atom. The van der Waals surface area contributed by atoms with E-state index in [-0.39, 0.29) is 23.8 Å². The number of amides is 3. The van der Waals surface area contributed by atoms with Gasteiger partial charge in [-0.05, 0) is 42.1 Å². The molecule has 0 bridgehead atoms. The Balaban J connectivity index is 1.37. The van der Waals surface area contributed by atoms with Crippen LogP contribution in [0.1, 0.15) is 12.2 Å². The van der Waals surface area contributed by atoms with Gasteiger partial charge >= 0.3 is 0 Å². The zero-order chi connectivity index (χ0) is 19.5. The Morgan fingerprint density at radius 2 is 2.00 bits per heavy atom. The van der Waals surface area contributed by atoms with Gasteiger partial charge in [-0.3, -0.25) is 29.3 Å². The van der Waals surface area contributed by atoms with Gasteiger partial charge < -0.3 is 9.73 Å². The molecule has 0 aliphatic carbocycles. The number of thioether (sulfide) groups is 1. The average molecular weight is 394 g/mol. The van der Waals surface area contributed by atoms with Gasteiger partial charge in [0.05, 0.1) is 22.2 Å². The highest BCUT2D eigenvalue weighted by molar-refractivity contribution is 8.18. The molecular formula is C19H14N4O4S. The number of anilines is 1. The van der Waals surface area contributed by atoms with Crippen molar-refractivity contribution in [1.82, 2.24) is 14.9 Å². The van der Waals surface area contributed by atoms with Crippen molar-refractivity contribution in [2.45, 2.75) is 6.42 Å². The van der Waals surface area contributed by atoms with Crippen LogP contribution in [0.3, 0.4) is 0 Å². The largest absolute Gasteiger partial charge is 0.465 e. The van der Waals surface area contributed by atoms with Crippen molar-refractivity contribution in [3.05, 3.63) is 59.7 Å². The molecule has 140 valence electrons. The highest BCUT2D eigenvalue weighted by Gasteiger charge is 2.35. The van der Waals surface area contributed by atoms with Crippen molar-refractivity contribution in [2.24, 2.45) is 0 Å². The maximum absolute atomic E-state index is 12.4. The van der Waals surface area contributed by atoms with Crippen molar-refractivity contribution in [3.8, 4) is 0 Å². The standard InChI is InChI=1S/C19H14N4O4S/c24-17(22-12-3-4-14-15(10-12)21-7-6-20-14)5-8-23-18(25)16(28-19(23)26)11-13-2-1-9-27-13/h1-4,6-7,9-11H,5,8H2,(H,22,24)/b16-11+. The molecule has 1 N–H and O–H groups in total. The van der Waals surface area contributed by atoms with E-state index in [1.807, 2.05) is 0 Å². The van der Waals surface area contributed by atoms with Gasteiger partial charge in [-0.2, -0.15) is 0 Å². The third-order valence-corrected chi connectivity index (χ3v) is 4.91. The summed E-state index contributed by atoms with van der Waals surface area (Å²) >= 11 is 0.829. The second kappa shape index (κ2) is 7.65. The van der Waals surface area contributed by atoms with Crippen molar-refractivity contribution >= 4 is 51.6 Å². The number of imide groups is 1. The number of rotatable bonds is 5. The van der Waals surface area contributed by atoms with E-state index in [0.717, 1.165) is 22.2 Å². The number of benzene rings is 1. The van der Waals surface area contributed by atoms with E-state index < -0.39 is 11.1 Å². The molecule has 1 aliphatic heterocycles. The minimum atomic E-state index is -0.430. The van der Waals surface area contributed by atoms with Crippen LogP contribution in [-0.2, 0) is 9.59 Å². The first-order valence-electron chi connectivity index (χ1n) is 8.40. The van der Waals surface area contributed by atoms with Crippen molar-refractivity contribution in [2.75, 3.05) is 11.9 Å². The maximum Gasteiger partial charge on any atom is 0.293 e. The lowest BCUT2D eigenvalue weighted by molar-refractivity contribution is -0.123. The summed E-state index contributed by atoms with van der Waals surface area (Å²) < 4.78 is 5.16. The SMILES string of the molecule is O=C(CCN1C(=O)S/C(=C/c2ccco2)C1=O)Nc1ccc2nccnc2c1. The molecule has 2 aromatic heterocycles. The van der Waals surface area contributed by atoms with Crippen LogP contribution in [-0.4, -0.2) is 38.5 Å². The van der Waals surface area contributed by atoms with Crippen molar-refractivity contribution in [1.29, 1.82) is 0 Å². The molecule has 1 aromatic carbocycles. The van der Waals surface area contributed by atoms with Gasteiger partial charge in [-0.1, -0.05) is 0 Å². The summed E-state index contributed by atoms with van der Waals surface area (Å²) in [6.45, 7) is -0.000614. The predicted octanol–water partition coefficient (Wildman–Crippen LogP) is 3.29. The van der Waals surface area contributed by atoms with Crippen molar-refractivity contribution in [3.63, 3.8) is 0 Å². The third kappa shape index (κ3) is 3.79. The molecule has 0 spiro atoms. The molecule has 0 radical (unpaired) electrons. The van der Waals surface area contributed by atoms with Crippen molar-refractivity contribution < 1.29 is 18.8 Å². The van der Waals surface area contributed by atoms with E-state index in [1.54, 1.807) is 42.7 Å². The zero-order valence-electron chi connectivity index (χ0n) is 14.5. The predicted molar refractivity (Wildman–Crippen MR) is 104 cm³/mol. The van der Waals surface area contributed by atoms with Gasteiger partial charge in [0.15, 0.2) is 0 Å². The smallest absolute Gasteiger partial charge is 0.293 e. The molecule has 1 saturated heterocycles. The second-order valence-electron chi connectivity index (χ2n) is 5.91. The normalized spacial score (nSPS) is 15.6. The molecule has 4 rings (SSSR count). The first-order valence-corrected chi connectivity index (χ1v) is 9.21. The molecular weight excluding hydrogens is 380 g/mol. The summed E-state index contributed by atoms with van der Waals surface area (Å²) in [5.41, 5.74) is 1.96. The molecule has 3 aromatic rings. The Hall–Kier alpha value is -3.46. The lowest BCUT2D eigenvalue weighted by Gasteiger charge is -2.12. The summed E-state index contributed by atoms with van der Waals surface area (Å²) in [4.78, 5) is 46.4. The minimum absolute atomic E-state index is 0.000614. The molecule has 0 atom stereocenters. The zero-order valence-corrected chi connectivity index (χ0v) is 15.3. The number of nitrogens with one attached hydrogen (secondary N) is 1. The van der Waals surface area contributed by atoms with Crippen LogP contribution in [0.2, 0.25) is 0 Å². The summed E-state index contributed by atoms with van der Waals surface area (Å²) in [5, 5.41) is 2.34. The molecule has 1 aliphatic rings. The highest BCUT2D eigenvalue weighted by Crippen LogP contribution is 2.32. The first kappa shape index (κ1) is 17.9.